The number of aromatic amines is 1. The van der Waals surface area contributed by atoms with Crippen molar-refractivity contribution < 1.29 is 0 Å². The molecule has 0 aliphatic carbocycles. The van der Waals surface area contributed by atoms with Gasteiger partial charge in [0.25, 0.3) is 0 Å². The lowest BCUT2D eigenvalue weighted by Gasteiger charge is -2.01. The molecule has 4 nitrogen and oxygen atoms in total. The minimum absolute atomic E-state index is 0.0400. The van der Waals surface area contributed by atoms with Crippen LogP contribution in [0.2, 0.25) is 0 Å². The van der Waals surface area contributed by atoms with Crippen LogP contribution in [0.1, 0.15) is 5.69 Å². The predicted molar refractivity (Wildman–Crippen MR) is 52.8 cm³/mol. The van der Waals surface area contributed by atoms with Crippen molar-refractivity contribution in [2.24, 2.45) is 0 Å². The summed E-state index contributed by atoms with van der Waals surface area (Å²) in [6, 6.07) is 1.48. The number of pyridine rings is 1. The van der Waals surface area contributed by atoms with Crippen molar-refractivity contribution in [3.8, 4) is 11.3 Å². The predicted octanol–water partition coefficient (Wildman–Crippen LogP) is 1.14. The Morgan fingerprint density at radius 2 is 2.21 bits per heavy atom. The van der Waals surface area contributed by atoms with Crippen molar-refractivity contribution in [3.63, 3.8) is 0 Å². The Morgan fingerprint density at radius 3 is 2.86 bits per heavy atom. The SMILES string of the molecule is Cc1[nH]ccc(=O)c1-c1cnccn1. The minimum Gasteiger partial charge on any atom is -0.364 e. The van der Waals surface area contributed by atoms with Crippen LogP contribution < -0.4 is 5.43 Å². The van der Waals surface area contributed by atoms with Crippen molar-refractivity contribution >= 4 is 0 Å². The Morgan fingerprint density at radius 1 is 1.36 bits per heavy atom. The Balaban J connectivity index is 2.69. The van der Waals surface area contributed by atoms with Gasteiger partial charge in [-0.1, -0.05) is 0 Å². The van der Waals surface area contributed by atoms with E-state index >= 15 is 0 Å². The van der Waals surface area contributed by atoms with Gasteiger partial charge < -0.3 is 4.98 Å². The summed E-state index contributed by atoms with van der Waals surface area (Å²) >= 11 is 0. The normalized spacial score (nSPS) is 10.1. The number of hydrogen-bond acceptors (Lipinski definition) is 3. The number of hydrogen-bond donors (Lipinski definition) is 1. The molecule has 70 valence electrons. The standard InChI is InChI=1S/C10H9N3O/c1-7-10(9(14)2-3-12-7)8-6-11-4-5-13-8/h2-6H,1H3,(H,12,14). The van der Waals surface area contributed by atoms with Crippen LogP contribution in [-0.2, 0) is 0 Å². The van der Waals surface area contributed by atoms with E-state index in [2.05, 4.69) is 15.0 Å². The van der Waals surface area contributed by atoms with Gasteiger partial charge in [0.15, 0.2) is 5.43 Å². The van der Waals surface area contributed by atoms with Crippen LogP contribution in [0, 0.1) is 6.92 Å². The van der Waals surface area contributed by atoms with Crippen LogP contribution in [0.25, 0.3) is 11.3 Å². The molecule has 2 aromatic rings. The molecule has 2 rings (SSSR count). The van der Waals surface area contributed by atoms with Crippen molar-refractivity contribution in [1.82, 2.24) is 15.0 Å². The maximum absolute atomic E-state index is 11.6. The van der Waals surface area contributed by atoms with Crippen LogP contribution in [0.15, 0.2) is 35.6 Å². The van der Waals surface area contributed by atoms with E-state index in [1.54, 1.807) is 24.8 Å². The molecule has 0 fully saturated rings. The largest absolute Gasteiger partial charge is 0.364 e. The highest BCUT2D eigenvalue weighted by molar-refractivity contribution is 5.59. The van der Waals surface area contributed by atoms with Crippen molar-refractivity contribution in [1.29, 1.82) is 0 Å². The summed E-state index contributed by atoms with van der Waals surface area (Å²) in [6.07, 6.45) is 6.35. The molecule has 1 N–H and O–H groups in total. The second-order valence-electron chi connectivity index (χ2n) is 2.93. The fraction of sp³-hybridized carbons (Fsp3) is 0.100. The molecule has 2 heterocycles. The molecule has 0 atom stereocenters. The average molecular weight is 187 g/mol. The highest BCUT2D eigenvalue weighted by Gasteiger charge is 2.06. The first-order valence-electron chi connectivity index (χ1n) is 4.24. The van der Waals surface area contributed by atoms with Crippen molar-refractivity contribution in [2.45, 2.75) is 6.92 Å². The van der Waals surface area contributed by atoms with E-state index in [-0.39, 0.29) is 5.43 Å². The molecule has 0 bridgehead atoms. The van der Waals surface area contributed by atoms with Crippen LogP contribution in [-0.4, -0.2) is 15.0 Å². The molecule has 4 heteroatoms. The molecule has 0 aliphatic heterocycles. The van der Waals surface area contributed by atoms with Crippen LogP contribution in [0.3, 0.4) is 0 Å². The fourth-order valence-electron chi connectivity index (χ4n) is 1.33. The summed E-state index contributed by atoms with van der Waals surface area (Å²) in [7, 11) is 0. The number of rotatable bonds is 1. The maximum atomic E-state index is 11.6. The number of H-pyrrole nitrogens is 1. The molecule has 0 unspecified atom stereocenters. The van der Waals surface area contributed by atoms with Crippen LogP contribution >= 0.6 is 0 Å². The summed E-state index contributed by atoms with van der Waals surface area (Å²) in [5.74, 6) is 0. The maximum Gasteiger partial charge on any atom is 0.191 e. The second-order valence-corrected chi connectivity index (χ2v) is 2.93. The zero-order chi connectivity index (χ0) is 9.97. The molecule has 0 spiro atoms. The van der Waals surface area contributed by atoms with Crippen LogP contribution in [0.5, 0.6) is 0 Å². The summed E-state index contributed by atoms with van der Waals surface area (Å²) in [4.78, 5) is 22.5. The molecule has 0 radical (unpaired) electrons. The Labute approximate surface area is 80.7 Å². The van der Waals surface area contributed by atoms with E-state index in [4.69, 9.17) is 0 Å². The van der Waals surface area contributed by atoms with E-state index < -0.39 is 0 Å². The van der Waals surface area contributed by atoms with E-state index in [1.165, 1.54) is 6.07 Å². The Bertz CT molecular complexity index is 490. The second kappa shape index (κ2) is 3.41. The molecule has 14 heavy (non-hydrogen) atoms. The van der Waals surface area contributed by atoms with Gasteiger partial charge in [0.05, 0.1) is 17.5 Å². The number of nitrogens with zero attached hydrogens (tertiary/aromatic N) is 2. The van der Waals surface area contributed by atoms with Gasteiger partial charge in [0.2, 0.25) is 0 Å². The number of aromatic nitrogens is 3. The van der Waals surface area contributed by atoms with Gasteiger partial charge in [-0.25, -0.2) is 0 Å². The third-order valence-corrected chi connectivity index (χ3v) is 1.98. The highest BCUT2D eigenvalue weighted by atomic mass is 16.1. The van der Waals surface area contributed by atoms with Gasteiger partial charge in [0.1, 0.15) is 0 Å². The van der Waals surface area contributed by atoms with Gasteiger partial charge in [-0.05, 0) is 6.92 Å². The van der Waals surface area contributed by atoms with Gasteiger partial charge in [-0.15, -0.1) is 0 Å². The molecular formula is C10H9N3O. The van der Waals surface area contributed by atoms with E-state index in [0.717, 1.165) is 5.69 Å². The average Bonchev–Trinajstić information content (AvgIpc) is 2.19. The lowest BCUT2D eigenvalue weighted by molar-refractivity contribution is 1.14. The van der Waals surface area contributed by atoms with Gasteiger partial charge in [-0.2, -0.15) is 0 Å². The fourth-order valence-corrected chi connectivity index (χ4v) is 1.33. The van der Waals surface area contributed by atoms with Crippen molar-refractivity contribution in [3.05, 3.63) is 46.8 Å². The van der Waals surface area contributed by atoms with E-state index in [0.29, 0.717) is 11.3 Å². The quantitative estimate of drug-likeness (QED) is 0.728. The zero-order valence-corrected chi connectivity index (χ0v) is 7.69. The Kier molecular flexibility index (Phi) is 2.10. The topological polar surface area (TPSA) is 58.6 Å². The van der Waals surface area contributed by atoms with Crippen LogP contribution in [0.4, 0.5) is 0 Å². The number of nitrogens with one attached hydrogen (secondary N) is 1. The summed E-state index contributed by atoms with van der Waals surface area (Å²) < 4.78 is 0. The van der Waals surface area contributed by atoms with E-state index in [1.807, 2.05) is 6.92 Å². The zero-order valence-electron chi connectivity index (χ0n) is 7.69. The first-order valence-corrected chi connectivity index (χ1v) is 4.24. The number of aryl methyl sites for hydroxylation is 1. The molecule has 0 saturated carbocycles. The molecule has 2 aromatic heterocycles. The molecule has 0 aliphatic rings. The van der Waals surface area contributed by atoms with E-state index in [9.17, 15) is 4.79 Å². The Hall–Kier alpha value is -1.97. The lowest BCUT2D eigenvalue weighted by atomic mass is 10.1. The summed E-state index contributed by atoms with van der Waals surface area (Å²) in [6.45, 7) is 1.84. The highest BCUT2D eigenvalue weighted by Crippen LogP contribution is 2.12. The first-order chi connectivity index (χ1) is 6.79. The smallest absolute Gasteiger partial charge is 0.191 e. The third-order valence-electron chi connectivity index (χ3n) is 1.98. The molecule has 0 saturated heterocycles. The molecule has 0 aromatic carbocycles. The lowest BCUT2D eigenvalue weighted by Crippen LogP contribution is -2.07. The third kappa shape index (κ3) is 1.42. The molecular weight excluding hydrogens is 178 g/mol. The first kappa shape index (κ1) is 8.62. The summed E-state index contributed by atoms with van der Waals surface area (Å²) in [5.41, 5.74) is 1.95. The monoisotopic (exact) mass is 187 g/mol. The van der Waals surface area contributed by atoms with Gasteiger partial charge >= 0.3 is 0 Å². The van der Waals surface area contributed by atoms with Crippen molar-refractivity contribution in [2.75, 3.05) is 0 Å². The molecule has 0 amide bonds. The summed E-state index contributed by atoms with van der Waals surface area (Å²) in [5, 5.41) is 0. The van der Waals surface area contributed by atoms with Gasteiger partial charge in [-0.3, -0.25) is 14.8 Å². The minimum atomic E-state index is -0.0400. The van der Waals surface area contributed by atoms with Gasteiger partial charge in [0, 0.05) is 30.4 Å².